The van der Waals surface area contributed by atoms with Crippen molar-refractivity contribution in [1.29, 1.82) is 0 Å². The molecule has 0 saturated heterocycles. The molecule has 66 valence electrons. The summed E-state index contributed by atoms with van der Waals surface area (Å²) >= 11 is 7.09. The molecule has 0 amide bonds. The summed E-state index contributed by atoms with van der Waals surface area (Å²) in [4.78, 5) is 0. The van der Waals surface area contributed by atoms with Gasteiger partial charge in [-0.3, -0.25) is 0 Å². The minimum absolute atomic E-state index is 0.484. The summed E-state index contributed by atoms with van der Waals surface area (Å²) in [5.41, 5.74) is 0.977. The summed E-state index contributed by atoms with van der Waals surface area (Å²) in [6.07, 6.45) is 0. The second-order valence-electron chi connectivity index (χ2n) is 2.26. The fourth-order valence-electron chi connectivity index (χ4n) is 0.549. The van der Waals surface area contributed by atoms with Gasteiger partial charge >= 0.3 is 0 Å². The topological polar surface area (TPSA) is 43.6 Å². The van der Waals surface area contributed by atoms with E-state index in [0.29, 0.717) is 5.88 Å². The molecule has 4 nitrogen and oxygen atoms in total. The van der Waals surface area contributed by atoms with Gasteiger partial charge in [-0.15, -0.1) is 16.7 Å². The van der Waals surface area contributed by atoms with Crippen LogP contribution in [0.1, 0.15) is 0 Å². The molecule has 0 aliphatic rings. The van der Waals surface area contributed by atoms with Crippen molar-refractivity contribution in [2.24, 2.45) is 7.05 Å². The molecule has 0 bridgehead atoms. The lowest BCUT2D eigenvalue weighted by Crippen LogP contribution is -1.95. The van der Waals surface area contributed by atoms with Gasteiger partial charge in [0.05, 0.1) is 0 Å². The van der Waals surface area contributed by atoms with E-state index < -0.39 is 0 Å². The zero-order chi connectivity index (χ0) is 8.97. The van der Waals surface area contributed by atoms with E-state index in [4.69, 9.17) is 11.6 Å². The van der Waals surface area contributed by atoms with Crippen LogP contribution in [0.15, 0.2) is 17.3 Å². The molecule has 1 heterocycles. The standard InChI is InChI=1S/C6H9ClN4S/c1-5(3-7)4-12-6-8-9-10-11(6)2/h1,3-4H2,2H3. The number of tetrazole rings is 1. The van der Waals surface area contributed by atoms with Gasteiger partial charge in [0.1, 0.15) is 0 Å². The van der Waals surface area contributed by atoms with E-state index >= 15 is 0 Å². The van der Waals surface area contributed by atoms with E-state index in [0.717, 1.165) is 16.5 Å². The van der Waals surface area contributed by atoms with Crippen molar-refractivity contribution < 1.29 is 0 Å². The third-order valence-corrected chi connectivity index (χ3v) is 2.71. The molecular formula is C6H9ClN4S. The molecule has 0 radical (unpaired) electrons. The van der Waals surface area contributed by atoms with Crippen molar-refractivity contribution in [3.8, 4) is 0 Å². The summed E-state index contributed by atoms with van der Waals surface area (Å²) in [6, 6.07) is 0. The van der Waals surface area contributed by atoms with Gasteiger partial charge in [0, 0.05) is 18.7 Å². The van der Waals surface area contributed by atoms with E-state index in [1.807, 2.05) is 0 Å². The van der Waals surface area contributed by atoms with Crippen molar-refractivity contribution in [2.75, 3.05) is 11.6 Å². The monoisotopic (exact) mass is 204 g/mol. The van der Waals surface area contributed by atoms with Crippen LogP contribution in [-0.2, 0) is 7.05 Å². The van der Waals surface area contributed by atoms with Crippen molar-refractivity contribution in [1.82, 2.24) is 20.2 Å². The average molecular weight is 205 g/mol. The number of hydrogen-bond acceptors (Lipinski definition) is 4. The van der Waals surface area contributed by atoms with Gasteiger partial charge < -0.3 is 0 Å². The Balaban J connectivity index is 2.43. The van der Waals surface area contributed by atoms with Crippen LogP contribution < -0.4 is 0 Å². The van der Waals surface area contributed by atoms with Crippen LogP contribution in [-0.4, -0.2) is 31.8 Å². The Morgan fingerprint density at radius 1 is 1.75 bits per heavy atom. The van der Waals surface area contributed by atoms with E-state index in [9.17, 15) is 0 Å². The van der Waals surface area contributed by atoms with E-state index in [1.54, 1.807) is 11.7 Å². The molecule has 0 aliphatic heterocycles. The third-order valence-electron chi connectivity index (χ3n) is 1.18. The molecule has 0 aromatic carbocycles. The summed E-state index contributed by atoms with van der Waals surface area (Å²) in [5, 5.41) is 11.8. The summed E-state index contributed by atoms with van der Waals surface area (Å²) in [6.45, 7) is 3.77. The van der Waals surface area contributed by atoms with Gasteiger partial charge in [-0.25, -0.2) is 4.68 Å². The van der Waals surface area contributed by atoms with Crippen molar-refractivity contribution in [3.63, 3.8) is 0 Å². The van der Waals surface area contributed by atoms with Crippen LogP contribution >= 0.6 is 23.4 Å². The predicted molar refractivity (Wildman–Crippen MR) is 49.4 cm³/mol. The van der Waals surface area contributed by atoms with Gasteiger partial charge in [-0.1, -0.05) is 23.9 Å². The molecule has 0 atom stereocenters. The Kier molecular flexibility index (Phi) is 3.55. The Morgan fingerprint density at radius 2 is 2.50 bits per heavy atom. The summed E-state index contributed by atoms with van der Waals surface area (Å²) < 4.78 is 1.62. The third kappa shape index (κ3) is 2.49. The average Bonchev–Trinajstić information content (AvgIpc) is 2.47. The molecule has 0 unspecified atom stereocenters. The predicted octanol–water partition coefficient (Wildman–Crippen LogP) is 1.10. The van der Waals surface area contributed by atoms with Gasteiger partial charge in [0.2, 0.25) is 5.16 Å². The highest BCUT2D eigenvalue weighted by atomic mass is 35.5. The first kappa shape index (κ1) is 9.54. The number of thioether (sulfide) groups is 1. The SMILES string of the molecule is C=C(CCl)CSc1nnnn1C. The second kappa shape index (κ2) is 4.47. The normalized spacial score (nSPS) is 10.2. The highest BCUT2D eigenvalue weighted by molar-refractivity contribution is 7.99. The number of rotatable bonds is 4. The molecule has 0 aliphatic carbocycles. The van der Waals surface area contributed by atoms with E-state index in [2.05, 4.69) is 22.1 Å². The molecule has 6 heteroatoms. The minimum atomic E-state index is 0.484. The minimum Gasteiger partial charge on any atom is -0.224 e. The first-order valence-corrected chi connectivity index (χ1v) is 4.84. The Bertz CT molecular complexity index is 272. The zero-order valence-corrected chi connectivity index (χ0v) is 8.27. The van der Waals surface area contributed by atoms with Crippen molar-refractivity contribution in [2.45, 2.75) is 5.16 Å². The Hall–Kier alpha value is -0.550. The lowest BCUT2D eigenvalue weighted by Gasteiger charge is -1.98. The van der Waals surface area contributed by atoms with E-state index in [-0.39, 0.29) is 0 Å². The number of nitrogens with zero attached hydrogens (tertiary/aromatic N) is 4. The Labute approximate surface area is 80.0 Å². The maximum atomic E-state index is 5.56. The largest absolute Gasteiger partial charge is 0.224 e. The van der Waals surface area contributed by atoms with Gasteiger partial charge in [-0.2, -0.15) is 0 Å². The maximum absolute atomic E-state index is 5.56. The first-order chi connectivity index (χ1) is 5.74. The quantitative estimate of drug-likeness (QED) is 0.419. The van der Waals surface area contributed by atoms with Crippen LogP contribution in [0, 0.1) is 0 Å². The Morgan fingerprint density at radius 3 is 3.00 bits per heavy atom. The fourth-order valence-corrected chi connectivity index (χ4v) is 1.51. The molecular weight excluding hydrogens is 196 g/mol. The fraction of sp³-hybridized carbons (Fsp3) is 0.500. The van der Waals surface area contributed by atoms with Crippen molar-refractivity contribution in [3.05, 3.63) is 12.2 Å². The van der Waals surface area contributed by atoms with Crippen LogP contribution in [0.4, 0.5) is 0 Å². The summed E-state index contributed by atoms with van der Waals surface area (Å²) in [5.74, 6) is 1.25. The molecule has 0 fully saturated rings. The van der Waals surface area contributed by atoms with Crippen LogP contribution in [0.25, 0.3) is 0 Å². The smallest absolute Gasteiger partial charge is 0.209 e. The van der Waals surface area contributed by atoms with Gasteiger partial charge in [0.25, 0.3) is 0 Å². The number of alkyl halides is 1. The van der Waals surface area contributed by atoms with Gasteiger partial charge in [0.15, 0.2) is 0 Å². The first-order valence-electron chi connectivity index (χ1n) is 3.32. The number of aromatic nitrogens is 4. The lowest BCUT2D eigenvalue weighted by atomic mass is 10.4. The van der Waals surface area contributed by atoms with E-state index in [1.165, 1.54) is 11.8 Å². The molecule has 1 aromatic rings. The van der Waals surface area contributed by atoms with Crippen LogP contribution in [0.5, 0.6) is 0 Å². The van der Waals surface area contributed by atoms with Crippen LogP contribution in [0.2, 0.25) is 0 Å². The lowest BCUT2D eigenvalue weighted by molar-refractivity contribution is 0.665. The summed E-state index contributed by atoms with van der Waals surface area (Å²) in [7, 11) is 1.80. The molecule has 1 rings (SSSR count). The van der Waals surface area contributed by atoms with Crippen LogP contribution in [0.3, 0.4) is 0 Å². The highest BCUT2D eigenvalue weighted by Crippen LogP contribution is 2.15. The molecule has 12 heavy (non-hydrogen) atoms. The highest BCUT2D eigenvalue weighted by Gasteiger charge is 2.02. The number of aryl methyl sites for hydroxylation is 1. The number of hydrogen-bond donors (Lipinski definition) is 0. The maximum Gasteiger partial charge on any atom is 0.209 e. The second-order valence-corrected chi connectivity index (χ2v) is 3.47. The number of halogens is 1. The molecule has 0 spiro atoms. The van der Waals surface area contributed by atoms with Crippen molar-refractivity contribution >= 4 is 23.4 Å². The van der Waals surface area contributed by atoms with Gasteiger partial charge in [-0.05, 0) is 10.4 Å². The molecule has 0 saturated carbocycles. The zero-order valence-electron chi connectivity index (χ0n) is 6.70. The molecule has 1 aromatic heterocycles. The molecule has 0 N–H and O–H groups in total.